The predicted octanol–water partition coefficient (Wildman–Crippen LogP) is 4.85. The normalized spacial score (nSPS) is 14.1. The van der Waals surface area contributed by atoms with Gasteiger partial charge in [-0.25, -0.2) is 0 Å². The van der Waals surface area contributed by atoms with Gasteiger partial charge >= 0.3 is 6.18 Å². The number of alkyl halides is 3. The maximum atomic E-state index is 13.0. The smallest absolute Gasteiger partial charge is 0.368 e. The van der Waals surface area contributed by atoms with E-state index in [1.54, 1.807) is 35.2 Å². The highest BCUT2D eigenvalue weighted by atomic mass is 19.4. The summed E-state index contributed by atoms with van der Waals surface area (Å²) in [6, 6.07) is 21.4. The van der Waals surface area contributed by atoms with Crippen LogP contribution in [0.2, 0.25) is 0 Å². The average Bonchev–Trinajstić information content (AvgIpc) is 2.84. The second kappa shape index (κ2) is 9.99. The summed E-state index contributed by atoms with van der Waals surface area (Å²) in [6.45, 7) is 1.70. The van der Waals surface area contributed by atoms with Gasteiger partial charge in [-0.15, -0.1) is 0 Å². The van der Waals surface area contributed by atoms with Gasteiger partial charge in [-0.2, -0.15) is 13.2 Å². The molecule has 34 heavy (non-hydrogen) atoms. The first-order chi connectivity index (χ1) is 16.3. The zero-order chi connectivity index (χ0) is 24.1. The Kier molecular flexibility index (Phi) is 6.86. The number of halogens is 3. The van der Waals surface area contributed by atoms with Gasteiger partial charge in [0, 0.05) is 43.1 Å². The standard InChI is InChI=1S/C26H24F3N3O2/c27-26(28,29)21-7-4-8-23(18-21)31-13-15-32(16-14-31)25(34)20-9-11-22(12-10-20)30-24(33)17-19-5-2-1-3-6-19/h1-12,18H,13-17H2,(H,30,33). The number of carbonyl (C=O) groups excluding carboxylic acids is 2. The zero-order valence-electron chi connectivity index (χ0n) is 18.4. The Balaban J connectivity index is 1.31. The summed E-state index contributed by atoms with van der Waals surface area (Å²) in [5.74, 6) is -0.290. The summed E-state index contributed by atoms with van der Waals surface area (Å²) in [6.07, 6.45) is -4.13. The molecular weight excluding hydrogens is 443 g/mol. The molecule has 4 rings (SSSR count). The van der Waals surface area contributed by atoms with Crippen LogP contribution in [0.25, 0.3) is 0 Å². The molecule has 8 heteroatoms. The molecule has 2 amide bonds. The monoisotopic (exact) mass is 467 g/mol. The van der Waals surface area contributed by atoms with E-state index in [0.29, 0.717) is 43.1 Å². The lowest BCUT2D eigenvalue weighted by Gasteiger charge is -2.36. The van der Waals surface area contributed by atoms with Gasteiger partial charge in [-0.3, -0.25) is 9.59 Å². The summed E-state index contributed by atoms with van der Waals surface area (Å²) in [7, 11) is 0. The lowest BCUT2D eigenvalue weighted by Crippen LogP contribution is -2.48. The molecule has 1 fully saturated rings. The van der Waals surface area contributed by atoms with Crippen LogP contribution in [0.4, 0.5) is 24.5 Å². The molecule has 3 aromatic rings. The fourth-order valence-corrected chi connectivity index (χ4v) is 3.91. The van der Waals surface area contributed by atoms with Crippen LogP contribution in [0.15, 0.2) is 78.9 Å². The molecule has 1 aliphatic heterocycles. The average molecular weight is 467 g/mol. The van der Waals surface area contributed by atoms with Gasteiger partial charge in [0.25, 0.3) is 5.91 Å². The molecular formula is C26H24F3N3O2. The van der Waals surface area contributed by atoms with E-state index in [2.05, 4.69) is 5.32 Å². The minimum atomic E-state index is -4.39. The van der Waals surface area contributed by atoms with Gasteiger partial charge in [0.05, 0.1) is 12.0 Å². The fraction of sp³-hybridized carbons (Fsp3) is 0.231. The SMILES string of the molecule is O=C(Cc1ccccc1)Nc1ccc(C(=O)N2CCN(c3cccc(C(F)(F)F)c3)CC2)cc1. The number of hydrogen-bond donors (Lipinski definition) is 1. The van der Waals surface area contributed by atoms with Crippen molar-refractivity contribution < 1.29 is 22.8 Å². The highest BCUT2D eigenvalue weighted by molar-refractivity contribution is 5.96. The summed E-state index contributed by atoms with van der Waals surface area (Å²) < 4.78 is 39.0. The second-order valence-electron chi connectivity index (χ2n) is 8.12. The summed E-state index contributed by atoms with van der Waals surface area (Å²) in [5, 5.41) is 2.82. The van der Waals surface area contributed by atoms with Crippen molar-refractivity contribution in [2.45, 2.75) is 12.6 Å². The van der Waals surface area contributed by atoms with Gasteiger partial charge in [-0.1, -0.05) is 36.4 Å². The van der Waals surface area contributed by atoms with Gasteiger partial charge in [0.1, 0.15) is 0 Å². The molecule has 0 radical (unpaired) electrons. The number of hydrogen-bond acceptors (Lipinski definition) is 3. The summed E-state index contributed by atoms with van der Waals surface area (Å²) in [5.41, 5.74) is 1.83. The first-order valence-corrected chi connectivity index (χ1v) is 10.9. The Bertz CT molecular complexity index is 1140. The number of carbonyl (C=O) groups is 2. The third-order valence-corrected chi connectivity index (χ3v) is 5.73. The van der Waals surface area contributed by atoms with Crippen LogP contribution in [-0.2, 0) is 17.4 Å². The van der Waals surface area contributed by atoms with Gasteiger partial charge in [-0.05, 0) is 48.0 Å². The summed E-state index contributed by atoms with van der Waals surface area (Å²) in [4.78, 5) is 28.6. The third kappa shape index (κ3) is 5.75. The molecule has 0 saturated carbocycles. The van der Waals surface area contributed by atoms with Crippen molar-refractivity contribution in [1.29, 1.82) is 0 Å². The Morgan fingerprint density at radius 3 is 2.15 bits per heavy atom. The van der Waals surface area contributed by atoms with E-state index < -0.39 is 11.7 Å². The lowest BCUT2D eigenvalue weighted by atomic mass is 10.1. The Labute approximate surface area is 195 Å². The van der Waals surface area contributed by atoms with Crippen molar-refractivity contribution in [2.24, 2.45) is 0 Å². The second-order valence-corrected chi connectivity index (χ2v) is 8.12. The quantitative estimate of drug-likeness (QED) is 0.584. The molecule has 1 N–H and O–H groups in total. The molecule has 1 aliphatic rings. The molecule has 3 aromatic carbocycles. The first kappa shape index (κ1) is 23.4. The maximum absolute atomic E-state index is 13.0. The van der Waals surface area contributed by atoms with Crippen molar-refractivity contribution in [3.8, 4) is 0 Å². The number of rotatable bonds is 5. The van der Waals surface area contributed by atoms with Gasteiger partial charge in [0.15, 0.2) is 0 Å². The minimum Gasteiger partial charge on any atom is -0.368 e. The molecule has 0 unspecified atom stereocenters. The van der Waals surface area contributed by atoms with Crippen molar-refractivity contribution >= 4 is 23.2 Å². The van der Waals surface area contributed by atoms with E-state index in [1.165, 1.54) is 6.07 Å². The Morgan fingerprint density at radius 2 is 1.50 bits per heavy atom. The van der Waals surface area contributed by atoms with Crippen LogP contribution in [-0.4, -0.2) is 42.9 Å². The fourth-order valence-electron chi connectivity index (χ4n) is 3.91. The van der Waals surface area contributed by atoms with E-state index in [4.69, 9.17) is 0 Å². The van der Waals surface area contributed by atoms with Crippen molar-refractivity contribution in [1.82, 2.24) is 4.90 Å². The van der Waals surface area contributed by atoms with Crippen LogP contribution in [0.1, 0.15) is 21.5 Å². The third-order valence-electron chi connectivity index (χ3n) is 5.73. The first-order valence-electron chi connectivity index (χ1n) is 10.9. The number of nitrogens with zero attached hydrogens (tertiary/aromatic N) is 2. The highest BCUT2D eigenvalue weighted by Gasteiger charge is 2.31. The van der Waals surface area contributed by atoms with Crippen LogP contribution in [0, 0.1) is 0 Å². The van der Waals surface area contributed by atoms with E-state index in [-0.39, 0.29) is 18.2 Å². The Morgan fingerprint density at radius 1 is 0.824 bits per heavy atom. The molecule has 0 aliphatic carbocycles. The predicted molar refractivity (Wildman–Crippen MR) is 125 cm³/mol. The number of benzene rings is 3. The zero-order valence-corrected chi connectivity index (χ0v) is 18.4. The number of nitrogens with one attached hydrogen (secondary N) is 1. The van der Waals surface area contributed by atoms with Crippen LogP contribution < -0.4 is 10.2 Å². The number of anilines is 2. The van der Waals surface area contributed by atoms with Crippen LogP contribution in [0.3, 0.4) is 0 Å². The molecule has 0 atom stereocenters. The van der Waals surface area contributed by atoms with Crippen LogP contribution >= 0.6 is 0 Å². The van der Waals surface area contributed by atoms with E-state index in [0.717, 1.165) is 17.7 Å². The molecule has 1 saturated heterocycles. The Hall–Kier alpha value is -3.81. The van der Waals surface area contributed by atoms with Crippen molar-refractivity contribution in [2.75, 3.05) is 36.4 Å². The number of piperazine rings is 1. The minimum absolute atomic E-state index is 0.143. The lowest BCUT2D eigenvalue weighted by molar-refractivity contribution is -0.137. The topological polar surface area (TPSA) is 52.7 Å². The van der Waals surface area contributed by atoms with E-state index in [1.807, 2.05) is 35.2 Å². The van der Waals surface area contributed by atoms with E-state index in [9.17, 15) is 22.8 Å². The highest BCUT2D eigenvalue weighted by Crippen LogP contribution is 2.32. The van der Waals surface area contributed by atoms with Crippen LogP contribution in [0.5, 0.6) is 0 Å². The molecule has 5 nitrogen and oxygen atoms in total. The molecule has 1 heterocycles. The summed E-state index contributed by atoms with van der Waals surface area (Å²) >= 11 is 0. The largest absolute Gasteiger partial charge is 0.416 e. The maximum Gasteiger partial charge on any atom is 0.416 e. The molecule has 0 aromatic heterocycles. The number of amides is 2. The van der Waals surface area contributed by atoms with Gasteiger partial charge in [0.2, 0.25) is 5.91 Å². The van der Waals surface area contributed by atoms with Crippen molar-refractivity contribution in [3.05, 3.63) is 95.6 Å². The molecule has 0 bridgehead atoms. The van der Waals surface area contributed by atoms with E-state index >= 15 is 0 Å². The van der Waals surface area contributed by atoms with Gasteiger partial charge < -0.3 is 15.1 Å². The molecule has 0 spiro atoms. The van der Waals surface area contributed by atoms with Crippen molar-refractivity contribution in [3.63, 3.8) is 0 Å². The molecule has 176 valence electrons.